The minimum atomic E-state index is -4.72. The summed E-state index contributed by atoms with van der Waals surface area (Å²) in [5.74, 6) is 4.62. The summed E-state index contributed by atoms with van der Waals surface area (Å²) in [7, 11) is 0. The summed E-state index contributed by atoms with van der Waals surface area (Å²) in [5.41, 5.74) is 0.465. The number of hydrogen-bond donors (Lipinski definition) is 2. The predicted molar refractivity (Wildman–Crippen MR) is 81.7 cm³/mol. The summed E-state index contributed by atoms with van der Waals surface area (Å²) in [6, 6.07) is 4.85. The molecule has 3 rings (SSSR count). The number of carbonyl (C=O) groups is 1. The zero-order valence-electron chi connectivity index (χ0n) is 12.7. The summed E-state index contributed by atoms with van der Waals surface area (Å²) in [5, 5.41) is 8.02. The van der Waals surface area contributed by atoms with Crippen LogP contribution in [0.4, 0.5) is 18.9 Å². The zero-order chi connectivity index (χ0) is 18.2. The van der Waals surface area contributed by atoms with Crippen LogP contribution in [0.2, 0.25) is 0 Å². The van der Waals surface area contributed by atoms with E-state index in [-0.39, 0.29) is 11.9 Å². The van der Waals surface area contributed by atoms with Crippen molar-refractivity contribution in [2.24, 2.45) is 0 Å². The molecule has 3 N–H and O–H groups in total. The van der Waals surface area contributed by atoms with Crippen molar-refractivity contribution in [1.82, 2.24) is 14.9 Å². The van der Waals surface area contributed by atoms with Crippen molar-refractivity contribution in [2.45, 2.75) is 23.5 Å². The number of nitrogens with two attached hydrogens (primary N) is 1. The van der Waals surface area contributed by atoms with E-state index in [0.717, 1.165) is 11.8 Å². The molecule has 8 nitrogen and oxygen atoms in total. The van der Waals surface area contributed by atoms with Crippen LogP contribution >= 0.6 is 11.8 Å². The van der Waals surface area contributed by atoms with Gasteiger partial charge in [0.05, 0.1) is 5.25 Å². The van der Waals surface area contributed by atoms with Crippen LogP contribution in [0.1, 0.15) is 12.7 Å². The van der Waals surface area contributed by atoms with E-state index >= 15 is 0 Å². The Hall–Kier alpha value is -2.63. The fraction of sp³-hybridized carbons (Fsp3) is 0.308. The number of nitrogens with one attached hydrogen (secondary N) is 1. The van der Waals surface area contributed by atoms with Crippen LogP contribution in [0.5, 0.6) is 11.5 Å². The van der Waals surface area contributed by atoms with Gasteiger partial charge in [0.2, 0.25) is 17.9 Å². The third-order valence-electron chi connectivity index (χ3n) is 3.21. The number of ether oxygens (including phenoxy) is 2. The molecule has 12 heteroatoms. The molecule has 134 valence electrons. The number of carbonyl (C=O) groups excluding carboxylic acids is 1. The quantitative estimate of drug-likeness (QED) is 0.621. The topological polar surface area (TPSA) is 104 Å². The number of hydrogen-bond acceptors (Lipinski definition) is 7. The average molecular weight is 375 g/mol. The number of amides is 1. The standard InChI is InChI=1S/C13H12F3N5O3S/c1-6(25-12-20-19-11(21(12)17)13(14,15)16)10(22)18-7-2-3-8-9(4-7)24-5-23-8/h2-4,6H,5,17H2,1H3,(H,18,22)/t6-/m0/s1. The van der Waals surface area contributed by atoms with E-state index in [0.29, 0.717) is 21.9 Å². The summed E-state index contributed by atoms with van der Waals surface area (Å²) >= 11 is 0.756. The summed E-state index contributed by atoms with van der Waals surface area (Å²) in [6.45, 7) is 1.61. The Balaban J connectivity index is 1.66. The Morgan fingerprint density at radius 1 is 1.36 bits per heavy atom. The maximum atomic E-state index is 12.6. The fourth-order valence-electron chi connectivity index (χ4n) is 1.98. The van der Waals surface area contributed by atoms with Gasteiger partial charge >= 0.3 is 6.18 Å². The minimum Gasteiger partial charge on any atom is -0.454 e. The number of halogens is 3. The van der Waals surface area contributed by atoms with E-state index in [2.05, 4.69) is 15.5 Å². The van der Waals surface area contributed by atoms with E-state index in [4.69, 9.17) is 15.3 Å². The van der Waals surface area contributed by atoms with Crippen LogP contribution in [-0.2, 0) is 11.0 Å². The number of aromatic nitrogens is 3. The molecule has 0 saturated carbocycles. The molecule has 1 aliphatic rings. The zero-order valence-corrected chi connectivity index (χ0v) is 13.5. The Labute approximate surface area is 143 Å². The van der Waals surface area contributed by atoms with E-state index in [9.17, 15) is 18.0 Å². The predicted octanol–water partition coefficient (Wildman–Crippen LogP) is 1.86. The Morgan fingerprint density at radius 3 is 2.76 bits per heavy atom. The molecule has 0 radical (unpaired) electrons. The van der Waals surface area contributed by atoms with Crippen molar-refractivity contribution in [1.29, 1.82) is 0 Å². The lowest BCUT2D eigenvalue weighted by atomic mass is 10.2. The van der Waals surface area contributed by atoms with Crippen LogP contribution in [0.3, 0.4) is 0 Å². The molecule has 2 aromatic rings. The smallest absolute Gasteiger partial charge is 0.453 e. The number of alkyl halides is 3. The molecule has 0 fully saturated rings. The first-order valence-electron chi connectivity index (χ1n) is 6.90. The molecule has 1 aromatic heterocycles. The summed E-state index contributed by atoms with van der Waals surface area (Å²) in [6.07, 6.45) is -4.72. The van der Waals surface area contributed by atoms with Gasteiger partial charge in [-0.05, 0) is 19.1 Å². The van der Waals surface area contributed by atoms with Crippen molar-refractivity contribution in [3.8, 4) is 11.5 Å². The molecule has 0 bridgehead atoms. The van der Waals surface area contributed by atoms with Crippen LogP contribution < -0.4 is 20.6 Å². The first kappa shape index (κ1) is 17.2. The van der Waals surface area contributed by atoms with Crippen LogP contribution in [0.15, 0.2) is 23.4 Å². The van der Waals surface area contributed by atoms with E-state index < -0.39 is 23.2 Å². The van der Waals surface area contributed by atoms with Gasteiger partial charge in [-0.3, -0.25) is 4.79 Å². The van der Waals surface area contributed by atoms with Gasteiger partial charge in [0.25, 0.3) is 5.82 Å². The summed E-state index contributed by atoms with van der Waals surface area (Å²) in [4.78, 5) is 12.2. The second-order valence-corrected chi connectivity index (χ2v) is 6.30. The third-order valence-corrected chi connectivity index (χ3v) is 4.27. The van der Waals surface area contributed by atoms with Crippen molar-refractivity contribution < 1.29 is 27.4 Å². The van der Waals surface area contributed by atoms with Gasteiger partial charge in [-0.25, -0.2) is 4.68 Å². The molecular weight excluding hydrogens is 363 g/mol. The molecule has 0 saturated heterocycles. The number of thioether (sulfide) groups is 1. The Bertz CT molecular complexity index is 811. The maximum absolute atomic E-state index is 12.6. The molecule has 0 aliphatic carbocycles. The largest absolute Gasteiger partial charge is 0.454 e. The first-order chi connectivity index (χ1) is 11.8. The molecular formula is C13H12F3N5O3S. The van der Waals surface area contributed by atoms with Crippen molar-refractivity contribution >= 4 is 23.4 Å². The SMILES string of the molecule is C[C@H](Sc1nnc(C(F)(F)F)n1N)C(=O)Nc1ccc2c(c1)OCO2. The lowest BCUT2D eigenvalue weighted by Crippen LogP contribution is -2.25. The molecule has 2 heterocycles. The molecule has 25 heavy (non-hydrogen) atoms. The van der Waals surface area contributed by atoms with E-state index in [1.807, 2.05) is 0 Å². The van der Waals surface area contributed by atoms with Gasteiger partial charge in [0.1, 0.15) is 0 Å². The molecule has 1 aliphatic heterocycles. The number of fused-ring (bicyclic) bond motifs is 1. The van der Waals surface area contributed by atoms with Gasteiger partial charge in [-0.1, -0.05) is 11.8 Å². The first-order valence-corrected chi connectivity index (χ1v) is 7.78. The van der Waals surface area contributed by atoms with E-state index in [1.54, 1.807) is 18.2 Å². The molecule has 1 atom stereocenters. The number of anilines is 1. The van der Waals surface area contributed by atoms with Gasteiger partial charge < -0.3 is 20.6 Å². The second-order valence-electron chi connectivity index (χ2n) is 4.99. The fourth-order valence-corrected chi connectivity index (χ4v) is 2.75. The second kappa shape index (κ2) is 6.35. The minimum absolute atomic E-state index is 0.104. The van der Waals surface area contributed by atoms with Crippen LogP contribution in [0, 0.1) is 0 Å². The van der Waals surface area contributed by atoms with Gasteiger partial charge in [0, 0.05) is 11.8 Å². The lowest BCUT2D eigenvalue weighted by Gasteiger charge is -2.12. The van der Waals surface area contributed by atoms with E-state index in [1.165, 1.54) is 6.92 Å². The number of nitrogen functional groups attached to an aromatic ring is 1. The van der Waals surface area contributed by atoms with Crippen LogP contribution in [-0.4, -0.2) is 32.8 Å². The highest BCUT2D eigenvalue weighted by Gasteiger charge is 2.38. The number of nitrogens with zero attached hydrogens (tertiary/aromatic N) is 3. The number of rotatable bonds is 4. The van der Waals surface area contributed by atoms with Crippen LogP contribution in [0.25, 0.3) is 0 Å². The molecule has 1 amide bonds. The normalized spacial score (nSPS) is 14.4. The monoisotopic (exact) mass is 375 g/mol. The highest BCUT2D eigenvalue weighted by atomic mass is 32.2. The maximum Gasteiger partial charge on any atom is 0.453 e. The van der Waals surface area contributed by atoms with Gasteiger partial charge in [-0.2, -0.15) is 13.2 Å². The molecule has 0 spiro atoms. The lowest BCUT2D eigenvalue weighted by molar-refractivity contribution is -0.146. The average Bonchev–Trinajstić information content (AvgIpc) is 3.13. The Kier molecular flexibility index (Phi) is 4.37. The molecule has 1 aromatic carbocycles. The third kappa shape index (κ3) is 3.57. The molecule has 0 unspecified atom stereocenters. The van der Waals surface area contributed by atoms with Crippen molar-refractivity contribution in [2.75, 3.05) is 18.0 Å². The highest BCUT2D eigenvalue weighted by Crippen LogP contribution is 2.35. The summed E-state index contributed by atoms with van der Waals surface area (Å²) < 4.78 is 48.6. The van der Waals surface area contributed by atoms with Gasteiger partial charge in [-0.15, -0.1) is 10.2 Å². The van der Waals surface area contributed by atoms with Gasteiger partial charge in [0.15, 0.2) is 11.5 Å². The highest BCUT2D eigenvalue weighted by molar-refractivity contribution is 8.00. The van der Waals surface area contributed by atoms with Crippen molar-refractivity contribution in [3.63, 3.8) is 0 Å². The Morgan fingerprint density at radius 2 is 2.08 bits per heavy atom. The van der Waals surface area contributed by atoms with Crippen molar-refractivity contribution in [3.05, 3.63) is 24.0 Å². The number of benzene rings is 1.